The van der Waals surface area contributed by atoms with Gasteiger partial charge >= 0.3 is 0 Å². The molecule has 0 bridgehead atoms. The summed E-state index contributed by atoms with van der Waals surface area (Å²) >= 11 is 3.46. The summed E-state index contributed by atoms with van der Waals surface area (Å²) in [5.74, 6) is 0. The maximum atomic E-state index is 5.73. The zero-order chi connectivity index (χ0) is 12.4. The number of halogens is 1. The summed E-state index contributed by atoms with van der Waals surface area (Å²) in [6.07, 6.45) is 1.04. The fourth-order valence-electron chi connectivity index (χ4n) is 1.60. The lowest BCUT2D eigenvalue weighted by Gasteiger charge is -2.41. The molecule has 0 saturated heterocycles. The Kier molecular flexibility index (Phi) is 4.38. The fourth-order valence-corrected chi connectivity index (χ4v) is 2.42. The van der Waals surface area contributed by atoms with Gasteiger partial charge in [-0.1, -0.05) is 41.9 Å². The average Bonchev–Trinajstić information content (AvgIpc) is 2.21. The van der Waals surface area contributed by atoms with Crippen LogP contribution in [-0.4, -0.2) is 16.1 Å². The van der Waals surface area contributed by atoms with Crippen molar-refractivity contribution >= 4 is 26.4 Å². The topological polar surface area (TPSA) is 9.23 Å². The highest BCUT2D eigenvalue weighted by Crippen LogP contribution is 2.36. The smallest absolute Gasteiger partial charge is 0.146 e. The molecule has 0 aliphatic heterocycles. The van der Waals surface area contributed by atoms with E-state index in [-0.39, 0.29) is 11.0 Å². The molecule has 0 heterocycles. The molecular formula is C13H21BrOSi. The van der Waals surface area contributed by atoms with Gasteiger partial charge in [0.25, 0.3) is 0 Å². The van der Waals surface area contributed by atoms with Crippen molar-refractivity contribution in [2.45, 2.75) is 39.7 Å². The number of hydrogen-bond acceptors (Lipinski definition) is 1. The van der Waals surface area contributed by atoms with Crippen LogP contribution in [0.2, 0.25) is 0 Å². The second-order valence-electron chi connectivity index (χ2n) is 5.40. The summed E-state index contributed by atoms with van der Waals surface area (Å²) in [5, 5.41) is 0. The predicted molar refractivity (Wildman–Crippen MR) is 76.7 cm³/mol. The van der Waals surface area contributed by atoms with Gasteiger partial charge in [-0.05, 0) is 43.4 Å². The molecule has 0 radical (unpaired) electrons. The summed E-state index contributed by atoms with van der Waals surface area (Å²) in [5.41, 5.74) is 1.44. The largest absolute Gasteiger partial charge is 0.422 e. The number of rotatable bonds is 4. The molecule has 1 aromatic rings. The molecule has 0 amide bonds. The normalized spacial score (nSPS) is 13.1. The van der Waals surface area contributed by atoms with E-state index in [1.165, 1.54) is 5.56 Å². The molecule has 1 nitrogen and oxygen atoms in total. The van der Waals surface area contributed by atoms with E-state index in [0.29, 0.717) is 0 Å². The Morgan fingerprint density at radius 1 is 1.12 bits per heavy atom. The highest BCUT2D eigenvalue weighted by Gasteiger charge is 2.36. The van der Waals surface area contributed by atoms with Crippen molar-refractivity contribution in [2.24, 2.45) is 5.41 Å². The van der Waals surface area contributed by atoms with Gasteiger partial charge < -0.3 is 4.43 Å². The van der Waals surface area contributed by atoms with Gasteiger partial charge in [0.05, 0.1) is 5.60 Å². The summed E-state index contributed by atoms with van der Waals surface area (Å²) < 4.78 is 6.86. The highest BCUT2D eigenvalue weighted by atomic mass is 79.9. The summed E-state index contributed by atoms with van der Waals surface area (Å²) in [4.78, 5) is 0. The second-order valence-corrected chi connectivity index (χ2v) is 6.73. The van der Waals surface area contributed by atoms with Gasteiger partial charge in [0.15, 0.2) is 0 Å². The van der Waals surface area contributed by atoms with Crippen LogP contribution in [0.3, 0.4) is 0 Å². The van der Waals surface area contributed by atoms with E-state index in [4.69, 9.17) is 4.43 Å². The van der Waals surface area contributed by atoms with E-state index >= 15 is 0 Å². The molecule has 0 aliphatic carbocycles. The molecule has 0 aliphatic rings. The van der Waals surface area contributed by atoms with E-state index in [9.17, 15) is 0 Å². The third kappa shape index (κ3) is 3.19. The number of hydrogen-bond donors (Lipinski definition) is 0. The first-order chi connectivity index (χ1) is 7.28. The molecule has 1 rings (SSSR count). The summed E-state index contributed by atoms with van der Waals surface area (Å²) in [7, 11) is 0.786. The van der Waals surface area contributed by atoms with Gasteiger partial charge in [-0.15, -0.1) is 0 Å². The predicted octanol–water partition coefficient (Wildman–Crippen LogP) is 3.09. The van der Waals surface area contributed by atoms with E-state index in [1.807, 2.05) is 0 Å². The van der Waals surface area contributed by atoms with Crippen LogP contribution in [-0.2, 0) is 10.8 Å². The van der Waals surface area contributed by atoms with Gasteiger partial charge in [0, 0.05) is 4.47 Å². The third-order valence-corrected chi connectivity index (χ3v) is 5.25. The van der Waals surface area contributed by atoms with Gasteiger partial charge in [0.2, 0.25) is 0 Å². The Morgan fingerprint density at radius 3 is 2.06 bits per heavy atom. The molecule has 90 valence electrons. The van der Waals surface area contributed by atoms with E-state index in [1.54, 1.807) is 0 Å². The van der Waals surface area contributed by atoms with Crippen LogP contribution in [0.5, 0.6) is 0 Å². The Hall–Kier alpha value is -0.123. The molecule has 0 fully saturated rings. The van der Waals surface area contributed by atoms with Crippen molar-refractivity contribution in [1.29, 1.82) is 0 Å². The van der Waals surface area contributed by atoms with Crippen molar-refractivity contribution < 1.29 is 4.43 Å². The van der Waals surface area contributed by atoms with E-state index in [0.717, 1.165) is 21.4 Å². The van der Waals surface area contributed by atoms with Crippen molar-refractivity contribution in [3.8, 4) is 0 Å². The van der Waals surface area contributed by atoms with Crippen LogP contribution in [0.4, 0.5) is 0 Å². The third-order valence-electron chi connectivity index (χ3n) is 3.70. The van der Waals surface area contributed by atoms with Crippen molar-refractivity contribution in [2.75, 3.05) is 0 Å². The first-order valence-corrected chi connectivity index (χ1v) is 7.19. The SMILES string of the molecule is CC(C)(Cc1ccc(Br)cc1)C(C)(C)O[SiH3]. The molecule has 0 aromatic heterocycles. The highest BCUT2D eigenvalue weighted by molar-refractivity contribution is 9.10. The van der Waals surface area contributed by atoms with E-state index < -0.39 is 0 Å². The van der Waals surface area contributed by atoms with Crippen LogP contribution in [0.25, 0.3) is 0 Å². The van der Waals surface area contributed by atoms with Crippen molar-refractivity contribution in [3.63, 3.8) is 0 Å². The molecule has 0 saturated carbocycles. The molecule has 0 spiro atoms. The van der Waals surface area contributed by atoms with Crippen molar-refractivity contribution in [3.05, 3.63) is 34.3 Å². The monoisotopic (exact) mass is 300 g/mol. The lowest BCUT2D eigenvalue weighted by atomic mass is 9.73. The van der Waals surface area contributed by atoms with Gasteiger partial charge in [0.1, 0.15) is 10.5 Å². The molecule has 0 atom stereocenters. The standard InChI is InChI=1S/C13H21BrOSi/c1-12(2,13(3,4)15-16)9-10-5-7-11(14)8-6-10/h5-8H,9H2,1-4,16H3. The molecule has 1 aromatic carbocycles. The zero-order valence-corrected chi connectivity index (χ0v) is 14.4. The minimum Gasteiger partial charge on any atom is -0.422 e. The van der Waals surface area contributed by atoms with Crippen LogP contribution in [0.1, 0.15) is 33.3 Å². The van der Waals surface area contributed by atoms with Crippen LogP contribution in [0, 0.1) is 5.41 Å². The fraction of sp³-hybridized carbons (Fsp3) is 0.538. The Labute approximate surface area is 110 Å². The first-order valence-electron chi connectivity index (χ1n) is 5.58. The summed E-state index contributed by atoms with van der Waals surface area (Å²) in [6.45, 7) is 8.90. The van der Waals surface area contributed by atoms with Crippen LogP contribution < -0.4 is 0 Å². The summed E-state index contributed by atoms with van der Waals surface area (Å²) in [6, 6.07) is 8.55. The Morgan fingerprint density at radius 2 is 1.62 bits per heavy atom. The molecular weight excluding hydrogens is 280 g/mol. The van der Waals surface area contributed by atoms with Crippen molar-refractivity contribution in [1.82, 2.24) is 0 Å². The second kappa shape index (κ2) is 5.03. The molecule has 0 N–H and O–H groups in total. The van der Waals surface area contributed by atoms with E-state index in [2.05, 4.69) is 67.9 Å². The molecule has 0 unspecified atom stereocenters. The number of benzene rings is 1. The first kappa shape index (κ1) is 13.9. The van der Waals surface area contributed by atoms with Crippen LogP contribution >= 0.6 is 15.9 Å². The maximum Gasteiger partial charge on any atom is 0.146 e. The maximum absolute atomic E-state index is 5.73. The van der Waals surface area contributed by atoms with Gasteiger partial charge in [-0.2, -0.15) is 0 Å². The Balaban J connectivity index is 2.84. The van der Waals surface area contributed by atoms with Gasteiger partial charge in [-0.3, -0.25) is 0 Å². The Bertz CT molecular complexity index is 343. The lowest BCUT2D eigenvalue weighted by Crippen LogP contribution is -2.42. The lowest BCUT2D eigenvalue weighted by molar-refractivity contribution is -0.00392. The minimum atomic E-state index is -0.0632. The quantitative estimate of drug-likeness (QED) is 0.777. The minimum absolute atomic E-state index is 0.0632. The van der Waals surface area contributed by atoms with Gasteiger partial charge in [-0.25, -0.2) is 0 Å². The zero-order valence-electron chi connectivity index (χ0n) is 10.8. The molecule has 3 heteroatoms. The molecule has 16 heavy (non-hydrogen) atoms. The van der Waals surface area contributed by atoms with Crippen LogP contribution in [0.15, 0.2) is 28.7 Å². The average molecular weight is 301 g/mol.